The summed E-state index contributed by atoms with van der Waals surface area (Å²) in [5.41, 5.74) is 0. The Bertz CT molecular complexity index is 702. The average molecular weight is 368 g/mol. The molecule has 0 aliphatic rings. The fourth-order valence-electron chi connectivity index (χ4n) is 2.64. The van der Waals surface area contributed by atoms with E-state index in [1.807, 2.05) is 6.92 Å². The average Bonchev–Trinajstić information content (AvgIpc) is 2.67. The SMILES string of the molecule is C/C=C\CCCCCCCC(=O)Oc1ccc(Oc2ccc(O)cc2)cc1. The zero-order valence-corrected chi connectivity index (χ0v) is 15.9. The van der Waals surface area contributed by atoms with E-state index in [0.29, 0.717) is 23.7 Å². The van der Waals surface area contributed by atoms with Gasteiger partial charge in [-0.3, -0.25) is 4.79 Å². The van der Waals surface area contributed by atoms with E-state index in [0.717, 1.165) is 25.7 Å². The van der Waals surface area contributed by atoms with Crippen molar-refractivity contribution in [3.05, 3.63) is 60.7 Å². The summed E-state index contributed by atoms with van der Waals surface area (Å²) in [5, 5.41) is 9.27. The van der Waals surface area contributed by atoms with Crippen LogP contribution in [0.3, 0.4) is 0 Å². The maximum absolute atomic E-state index is 11.9. The third-order valence-corrected chi connectivity index (χ3v) is 4.12. The van der Waals surface area contributed by atoms with Gasteiger partial charge in [-0.05, 0) is 74.7 Å². The topological polar surface area (TPSA) is 55.8 Å². The maximum Gasteiger partial charge on any atom is 0.311 e. The number of allylic oxidation sites excluding steroid dienone is 2. The van der Waals surface area contributed by atoms with Gasteiger partial charge in [-0.2, -0.15) is 0 Å². The summed E-state index contributed by atoms with van der Waals surface area (Å²) >= 11 is 0. The van der Waals surface area contributed by atoms with E-state index in [-0.39, 0.29) is 11.7 Å². The quantitative estimate of drug-likeness (QED) is 0.216. The zero-order valence-electron chi connectivity index (χ0n) is 15.9. The summed E-state index contributed by atoms with van der Waals surface area (Å²) in [4.78, 5) is 11.9. The minimum atomic E-state index is -0.198. The molecule has 0 saturated carbocycles. The third-order valence-electron chi connectivity index (χ3n) is 4.12. The molecular formula is C23H28O4. The first-order valence-electron chi connectivity index (χ1n) is 9.56. The van der Waals surface area contributed by atoms with Crippen LogP contribution >= 0.6 is 0 Å². The number of esters is 1. The van der Waals surface area contributed by atoms with Crippen molar-refractivity contribution in [1.29, 1.82) is 0 Å². The van der Waals surface area contributed by atoms with Gasteiger partial charge in [0, 0.05) is 6.42 Å². The first kappa shape index (κ1) is 20.6. The van der Waals surface area contributed by atoms with Gasteiger partial charge in [-0.25, -0.2) is 0 Å². The van der Waals surface area contributed by atoms with E-state index >= 15 is 0 Å². The van der Waals surface area contributed by atoms with Crippen LogP contribution in [0.2, 0.25) is 0 Å². The Labute approximate surface area is 161 Å². The van der Waals surface area contributed by atoms with Gasteiger partial charge in [-0.15, -0.1) is 0 Å². The second kappa shape index (κ2) is 11.8. The molecule has 0 radical (unpaired) electrons. The highest BCUT2D eigenvalue weighted by Gasteiger charge is 2.05. The molecule has 1 N–H and O–H groups in total. The van der Waals surface area contributed by atoms with Crippen LogP contribution in [-0.2, 0) is 4.79 Å². The fourth-order valence-corrected chi connectivity index (χ4v) is 2.64. The van der Waals surface area contributed by atoms with E-state index in [4.69, 9.17) is 9.47 Å². The minimum Gasteiger partial charge on any atom is -0.508 e. The van der Waals surface area contributed by atoms with Gasteiger partial charge in [0.15, 0.2) is 0 Å². The first-order valence-corrected chi connectivity index (χ1v) is 9.56. The van der Waals surface area contributed by atoms with Crippen molar-refractivity contribution < 1.29 is 19.4 Å². The molecule has 0 spiro atoms. The second-order valence-electron chi connectivity index (χ2n) is 6.42. The molecule has 0 amide bonds. The largest absolute Gasteiger partial charge is 0.508 e. The van der Waals surface area contributed by atoms with Crippen LogP contribution in [0.1, 0.15) is 51.9 Å². The second-order valence-corrected chi connectivity index (χ2v) is 6.42. The Morgan fingerprint density at radius 3 is 2.07 bits per heavy atom. The highest BCUT2D eigenvalue weighted by atomic mass is 16.5. The molecule has 0 heterocycles. The Kier molecular flexibility index (Phi) is 8.98. The predicted molar refractivity (Wildman–Crippen MR) is 107 cm³/mol. The molecule has 0 atom stereocenters. The molecule has 0 aliphatic heterocycles. The number of aromatic hydroxyl groups is 1. The predicted octanol–water partition coefficient (Wildman–Crippen LogP) is 6.40. The van der Waals surface area contributed by atoms with Crippen molar-refractivity contribution in [2.24, 2.45) is 0 Å². The van der Waals surface area contributed by atoms with Crippen LogP contribution in [0.4, 0.5) is 0 Å². The van der Waals surface area contributed by atoms with Crippen molar-refractivity contribution in [2.45, 2.75) is 51.9 Å². The molecule has 2 aromatic carbocycles. The number of carbonyl (C=O) groups is 1. The van der Waals surface area contributed by atoms with E-state index in [1.165, 1.54) is 12.8 Å². The molecule has 2 aromatic rings. The highest BCUT2D eigenvalue weighted by molar-refractivity contribution is 5.72. The van der Waals surface area contributed by atoms with Gasteiger partial charge in [-0.1, -0.05) is 31.4 Å². The molecule has 0 aromatic heterocycles. The maximum atomic E-state index is 11.9. The summed E-state index contributed by atoms with van der Waals surface area (Å²) in [6.45, 7) is 2.04. The molecule has 144 valence electrons. The number of hydrogen-bond donors (Lipinski definition) is 1. The minimum absolute atomic E-state index is 0.193. The van der Waals surface area contributed by atoms with E-state index in [9.17, 15) is 9.90 Å². The van der Waals surface area contributed by atoms with Gasteiger partial charge in [0.2, 0.25) is 0 Å². The lowest BCUT2D eigenvalue weighted by Gasteiger charge is -2.08. The number of unbranched alkanes of at least 4 members (excludes halogenated alkanes) is 5. The summed E-state index contributed by atoms with van der Waals surface area (Å²) in [6.07, 6.45) is 11.4. The Hall–Kier alpha value is -2.75. The van der Waals surface area contributed by atoms with Crippen molar-refractivity contribution >= 4 is 5.97 Å². The van der Waals surface area contributed by atoms with E-state index in [2.05, 4.69) is 12.2 Å². The fraction of sp³-hybridized carbons (Fsp3) is 0.348. The molecule has 0 bridgehead atoms. The van der Waals surface area contributed by atoms with Crippen LogP contribution in [0, 0.1) is 0 Å². The standard InChI is InChI=1S/C23H28O4/c1-2-3-4-5-6-7-8-9-10-23(25)27-22-17-15-21(16-18-22)26-20-13-11-19(24)12-14-20/h2-3,11-18,24H,4-10H2,1H3/b3-2-. The third kappa shape index (κ3) is 8.45. The number of phenols is 1. The summed E-state index contributed by atoms with van der Waals surface area (Å²) in [6, 6.07) is 13.4. The van der Waals surface area contributed by atoms with Gasteiger partial charge < -0.3 is 14.6 Å². The van der Waals surface area contributed by atoms with Crippen molar-refractivity contribution in [1.82, 2.24) is 0 Å². The number of carbonyl (C=O) groups excluding carboxylic acids is 1. The first-order chi connectivity index (χ1) is 13.2. The molecule has 0 aliphatic carbocycles. The monoisotopic (exact) mass is 368 g/mol. The molecule has 2 rings (SSSR count). The number of ether oxygens (including phenoxy) is 2. The lowest BCUT2D eigenvalue weighted by atomic mass is 10.1. The molecule has 4 nitrogen and oxygen atoms in total. The number of hydrogen-bond acceptors (Lipinski definition) is 4. The Morgan fingerprint density at radius 1 is 0.852 bits per heavy atom. The number of phenolic OH excluding ortho intramolecular Hbond substituents is 1. The number of rotatable bonds is 11. The molecule has 27 heavy (non-hydrogen) atoms. The van der Waals surface area contributed by atoms with E-state index in [1.54, 1.807) is 48.5 Å². The van der Waals surface area contributed by atoms with Gasteiger partial charge in [0.25, 0.3) is 0 Å². The lowest BCUT2D eigenvalue weighted by Crippen LogP contribution is -2.07. The van der Waals surface area contributed by atoms with Crippen LogP contribution in [0.5, 0.6) is 23.0 Å². The van der Waals surface area contributed by atoms with Gasteiger partial charge in [0.05, 0.1) is 0 Å². The van der Waals surface area contributed by atoms with Crippen LogP contribution in [-0.4, -0.2) is 11.1 Å². The zero-order chi connectivity index (χ0) is 19.3. The molecular weight excluding hydrogens is 340 g/mol. The van der Waals surface area contributed by atoms with Crippen molar-refractivity contribution in [2.75, 3.05) is 0 Å². The molecule has 0 fully saturated rings. The number of benzene rings is 2. The summed E-state index contributed by atoms with van der Waals surface area (Å²) in [5.74, 6) is 1.78. The highest BCUT2D eigenvalue weighted by Crippen LogP contribution is 2.25. The normalized spacial score (nSPS) is 10.9. The molecule has 4 heteroatoms. The molecule has 0 saturated heterocycles. The lowest BCUT2D eigenvalue weighted by molar-refractivity contribution is -0.134. The van der Waals surface area contributed by atoms with Gasteiger partial charge >= 0.3 is 5.97 Å². The van der Waals surface area contributed by atoms with E-state index < -0.39 is 0 Å². The summed E-state index contributed by atoms with van der Waals surface area (Å²) < 4.78 is 11.0. The Balaban J connectivity index is 1.65. The van der Waals surface area contributed by atoms with Crippen molar-refractivity contribution in [3.63, 3.8) is 0 Å². The molecule has 0 unspecified atom stereocenters. The van der Waals surface area contributed by atoms with Gasteiger partial charge in [0.1, 0.15) is 23.0 Å². The smallest absolute Gasteiger partial charge is 0.311 e. The van der Waals surface area contributed by atoms with Crippen LogP contribution < -0.4 is 9.47 Å². The van der Waals surface area contributed by atoms with Crippen molar-refractivity contribution in [3.8, 4) is 23.0 Å². The van der Waals surface area contributed by atoms with Crippen LogP contribution in [0.25, 0.3) is 0 Å². The van der Waals surface area contributed by atoms with Crippen LogP contribution in [0.15, 0.2) is 60.7 Å². The Morgan fingerprint density at radius 2 is 1.41 bits per heavy atom. The summed E-state index contributed by atoms with van der Waals surface area (Å²) in [7, 11) is 0.